The first kappa shape index (κ1) is 21.2. The predicted molar refractivity (Wildman–Crippen MR) is 104 cm³/mol. The fraction of sp³-hybridized carbons (Fsp3) is 0.286. The van der Waals surface area contributed by atoms with Gasteiger partial charge < -0.3 is 13.9 Å². The number of hydrogen-bond acceptors (Lipinski definition) is 6. The molecule has 0 spiro atoms. The van der Waals surface area contributed by atoms with Gasteiger partial charge in [-0.15, -0.1) is 10.2 Å². The number of alkyl halides is 3. The van der Waals surface area contributed by atoms with Crippen molar-refractivity contribution in [3.05, 3.63) is 63.7 Å². The zero-order valence-corrected chi connectivity index (χ0v) is 17.2. The van der Waals surface area contributed by atoms with Gasteiger partial charge in [-0.25, -0.2) is 4.79 Å². The van der Waals surface area contributed by atoms with E-state index in [1.807, 2.05) is 25.1 Å². The number of para-hydroxylation sites is 1. The van der Waals surface area contributed by atoms with E-state index in [9.17, 15) is 18.0 Å². The SMILES string of the molecule is Cc1cc(C(=O)Oc2cc(Cl)nnc2Oc2c(C)cccc2C2CC2)c(C(F)(F)F)o1. The van der Waals surface area contributed by atoms with E-state index in [1.54, 1.807) is 0 Å². The molecule has 6 nitrogen and oxygen atoms in total. The first-order chi connectivity index (χ1) is 14.6. The molecule has 0 radical (unpaired) electrons. The van der Waals surface area contributed by atoms with E-state index in [0.717, 1.165) is 36.1 Å². The summed E-state index contributed by atoms with van der Waals surface area (Å²) in [6.45, 7) is 3.14. The second kappa shape index (κ2) is 7.88. The molecule has 31 heavy (non-hydrogen) atoms. The lowest BCUT2D eigenvalue weighted by atomic mass is 10.1. The third-order valence-electron chi connectivity index (χ3n) is 4.69. The van der Waals surface area contributed by atoms with E-state index >= 15 is 0 Å². The topological polar surface area (TPSA) is 74.5 Å². The van der Waals surface area contributed by atoms with E-state index < -0.39 is 23.5 Å². The van der Waals surface area contributed by atoms with Gasteiger partial charge in [-0.05, 0) is 49.8 Å². The molecule has 1 saturated carbocycles. The van der Waals surface area contributed by atoms with Crippen molar-refractivity contribution < 1.29 is 31.9 Å². The van der Waals surface area contributed by atoms with Crippen molar-refractivity contribution in [2.75, 3.05) is 0 Å². The quantitative estimate of drug-likeness (QED) is 0.426. The van der Waals surface area contributed by atoms with Gasteiger partial charge in [-0.3, -0.25) is 0 Å². The third-order valence-corrected chi connectivity index (χ3v) is 4.88. The van der Waals surface area contributed by atoms with Crippen LogP contribution in [0.15, 0.2) is 34.7 Å². The molecule has 162 valence electrons. The predicted octanol–water partition coefficient (Wildman–Crippen LogP) is 6.25. The number of rotatable bonds is 5. The average Bonchev–Trinajstić information content (AvgIpc) is 3.45. The molecule has 1 aliphatic carbocycles. The fourth-order valence-electron chi connectivity index (χ4n) is 3.14. The zero-order valence-electron chi connectivity index (χ0n) is 16.4. The van der Waals surface area contributed by atoms with Crippen molar-refractivity contribution in [1.29, 1.82) is 0 Å². The lowest BCUT2D eigenvalue weighted by Crippen LogP contribution is -2.15. The molecule has 1 aromatic carbocycles. The summed E-state index contributed by atoms with van der Waals surface area (Å²) in [5, 5.41) is 7.41. The molecule has 0 aliphatic heterocycles. The standard InChI is InChI=1S/C21H16ClF3N2O4/c1-10-4-3-5-13(12-6-7-12)17(10)31-19-15(9-16(22)26-27-19)30-20(28)14-8-11(2)29-18(14)21(23,24)25/h3-5,8-9,12H,6-7H2,1-2H3. The molecule has 1 aliphatic rings. The van der Waals surface area contributed by atoms with Crippen LogP contribution in [-0.2, 0) is 6.18 Å². The van der Waals surface area contributed by atoms with Crippen molar-refractivity contribution in [2.24, 2.45) is 0 Å². The Morgan fingerprint density at radius 3 is 2.61 bits per heavy atom. The summed E-state index contributed by atoms with van der Waals surface area (Å²) >= 11 is 5.86. The molecule has 0 amide bonds. The smallest absolute Gasteiger partial charge is 0.450 e. The highest BCUT2D eigenvalue weighted by atomic mass is 35.5. The molecule has 3 aromatic rings. The second-order valence-corrected chi connectivity index (χ2v) is 7.58. The van der Waals surface area contributed by atoms with Gasteiger partial charge in [0.05, 0.1) is 0 Å². The first-order valence-corrected chi connectivity index (χ1v) is 9.71. The monoisotopic (exact) mass is 452 g/mol. The Hall–Kier alpha value is -3.07. The summed E-state index contributed by atoms with van der Waals surface area (Å²) in [6.07, 6.45) is -2.82. The number of benzene rings is 1. The number of esters is 1. The van der Waals surface area contributed by atoms with Crippen LogP contribution in [-0.4, -0.2) is 16.2 Å². The summed E-state index contributed by atoms with van der Waals surface area (Å²) in [4.78, 5) is 12.5. The van der Waals surface area contributed by atoms with Crippen LogP contribution in [0, 0.1) is 13.8 Å². The Balaban J connectivity index is 1.67. The molecule has 0 atom stereocenters. The number of nitrogens with zero attached hydrogens (tertiary/aromatic N) is 2. The van der Waals surface area contributed by atoms with Gasteiger partial charge >= 0.3 is 12.1 Å². The van der Waals surface area contributed by atoms with Crippen LogP contribution in [0.1, 0.15) is 51.8 Å². The summed E-state index contributed by atoms with van der Waals surface area (Å²) in [7, 11) is 0. The van der Waals surface area contributed by atoms with Crippen LogP contribution in [0.2, 0.25) is 5.15 Å². The van der Waals surface area contributed by atoms with Crippen molar-refractivity contribution in [3.8, 4) is 17.4 Å². The van der Waals surface area contributed by atoms with Gasteiger partial charge in [0.15, 0.2) is 10.9 Å². The molecule has 0 N–H and O–H groups in total. The van der Waals surface area contributed by atoms with Crippen molar-refractivity contribution in [2.45, 2.75) is 38.8 Å². The summed E-state index contributed by atoms with van der Waals surface area (Å²) in [6, 6.07) is 7.79. The molecule has 2 aromatic heterocycles. The van der Waals surface area contributed by atoms with Gasteiger partial charge in [0, 0.05) is 6.07 Å². The largest absolute Gasteiger partial charge is 0.456 e. The number of aromatic nitrogens is 2. The maximum absolute atomic E-state index is 13.2. The number of hydrogen-bond donors (Lipinski definition) is 0. The Kier molecular flexibility index (Phi) is 5.38. The molecule has 10 heteroatoms. The number of ether oxygens (including phenoxy) is 2. The minimum absolute atomic E-state index is 0.0874. The van der Waals surface area contributed by atoms with E-state index in [-0.39, 0.29) is 22.5 Å². The number of carbonyl (C=O) groups is 1. The second-order valence-electron chi connectivity index (χ2n) is 7.19. The Labute approximate surface area is 179 Å². The van der Waals surface area contributed by atoms with Gasteiger partial charge in [0.25, 0.3) is 5.88 Å². The molecule has 2 heterocycles. The highest BCUT2D eigenvalue weighted by molar-refractivity contribution is 6.29. The van der Waals surface area contributed by atoms with Crippen LogP contribution in [0.4, 0.5) is 13.2 Å². The molecule has 1 fully saturated rings. The lowest BCUT2D eigenvalue weighted by molar-refractivity contribution is -0.153. The van der Waals surface area contributed by atoms with Crippen LogP contribution >= 0.6 is 11.6 Å². The number of furan rings is 1. The van der Waals surface area contributed by atoms with Gasteiger partial charge in [-0.2, -0.15) is 13.2 Å². The van der Waals surface area contributed by atoms with E-state index in [2.05, 4.69) is 14.6 Å². The van der Waals surface area contributed by atoms with E-state index in [4.69, 9.17) is 21.1 Å². The fourth-order valence-corrected chi connectivity index (χ4v) is 3.28. The minimum Gasteiger partial charge on any atom is -0.456 e. The first-order valence-electron chi connectivity index (χ1n) is 9.34. The van der Waals surface area contributed by atoms with Gasteiger partial charge in [0.2, 0.25) is 5.76 Å². The summed E-state index contributed by atoms with van der Waals surface area (Å²) in [5.41, 5.74) is 1.03. The zero-order chi connectivity index (χ0) is 22.3. The molecular formula is C21H16ClF3N2O4. The van der Waals surface area contributed by atoms with E-state index in [0.29, 0.717) is 11.7 Å². The normalized spacial score (nSPS) is 13.9. The number of carbonyl (C=O) groups excluding carboxylic acids is 1. The average molecular weight is 453 g/mol. The van der Waals surface area contributed by atoms with Crippen molar-refractivity contribution in [1.82, 2.24) is 10.2 Å². The van der Waals surface area contributed by atoms with Crippen LogP contribution < -0.4 is 9.47 Å². The minimum atomic E-state index is -4.86. The number of aryl methyl sites for hydroxylation is 2. The number of halogens is 4. The Morgan fingerprint density at radius 2 is 1.94 bits per heavy atom. The highest BCUT2D eigenvalue weighted by Crippen LogP contribution is 2.47. The summed E-state index contributed by atoms with van der Waals surface area (Å²) in [5.74, 6) is -2.38. The van der Waals surface area contributed by atoms with Crippen LogP contribution in [0.25, 0.3) is 0 Å². The molecule has 4 rings (SSSR count). The van der Waals surface area contributed by atoms with Crippen molar-refractivity contribution >= 4 is 17.6 Å². The van der Waals surface area contributed by atoms with Crippen LogP contribution in [0.3, 0.4) is 0 Å². The molecule has 0 saturated heterocycles. The maximum Gasteiger partial charge on any atom is 0.450 e. The van der Waals surface area contributed by atoms with Crippen LogP contribution in [0.5, 0.6) is 17.4 Å². The third kappa shape index (κ3) is 4.51. The highest BCUT2D eigenvalue weighted by Gasteiger charge is 2.41. The maximum atomic E-state index is 13.2. The van der Waals surface area contributed by atoms with Gasteiger partial charge in [-0.1, -0.05) is 29.8 Å². The lowest BCUT2D eigenvalue weighted by Gasteiger charge is -2.15. The van der Waals surface area contributed by atoms with Gasteiger partial charge in [0.1, 0.15) is 17.1 Å². The summed E-state index contributed by atoms with van der Waals surface area (Å²) < 4.78 is 55.3. The Morgan fingerprint density at radius 1 is 1.19 bits per heavy atom. The van der Waals surface area contributed by atoms with Crippen molar-refractivity contribution in [3.63, 3.8) is 0 Å². The molecule has 0 unspecified atom stereocenters. The van der Waals surface area contributed by atoms with E-state index in [1.165, 1.54) is 6.92 Å². The molecule has 0 bridgehead atoms. The molecular weight excluding hydrogens is 437 g/mol. The Bertz CT molecular complexity index is 1160.